The lowest BCUT2D eigenvalue weighted by molar-refractivity contribution is 0.150. The Morgan fingerprint density at radius 1 is 0.636 bits per heavy atom. The topological polar surface area (TPSA) is 0 Å². The van der Waals surface area contributed by atoms with E-state index in [0.717, 1.165) is 10.8 Å². The zero-order chi connectivity index (χ0) is 7.81. The average molecular weight is 148 g/mol. The van der Waals surface area contributed by atoms with E-state index in [1.54, 1.807) is 0 Å². The first-order valence-electron chi connectivity index (χ1n) is 4.99. The van der Waals surface area contributed by atoms with Gasteiger partial charge in [-0.2, -0.15) is 0 Å². The van der Waals surface area contributed by atoms with Gasteiger partial charge in [-0.1, -0.05) is 27.7 Å². The summed E-state index contributed by atoms with van der Waals surface area (Å²) in [5, 5.41) is 0. The van der Waals surface area contributed by atoms with Gasteiger partial charge in [0.05, 0.1) is 0 Å². The van der Waals surface area contributed by atoms with E-state index in [-0.39, 0.29) is 0 Å². The van der Waals surface area contributed by atoms with Gasteiger partial charge in [0.15, 0.2) is 0 Å². The summed E-state index contributed by atoms with van der Waals surface area (Å²) in [6.45, 7) is 10.1. The van der Waals surface area contributed by atoms with Crippen LogP contribution in [0.2, 0.25) is 0 Å². The number of hydrogen-bond donors (Lipinski definition) is 0. The van der Waals surface area contributed by atoms with E-state index in [2.05, 4.69) is 27.7 Å². The molecule has 60 valence electrons. The maximum Gasteiger partial charge on any atom is -0.0201 e. The lowest BCUT2D eigenvalue weighted by Gasteiger charge is -2.33. The van der Waals surface area contributed by atoms with Crippen LogP contribution in [0.15, 0.2) is 0 Å². The summed E-state index contributed by atoms with van der Waals surface area (Å²) in [5.41, 5.74) is 2.25. The summed E-state index contributed by atoms with van der Waals surface area (Å²) >= 11 is 0. The molecule has 11 heavy (non-hydrogen) atoms. The van der Waals surface area contributed by atoms with Gasteiger partial charge in [-0.15, -0.1) is 0 Å². The third-order valence-electron chi connectivity index (χ3n) is 6.79. The first-order valence-corrected chi connectivity index (χ1v) is 4.99. The minimum Gasteiger partial charge on any atom is -0.0588 e. The highest BCUT2D eigenvalue weighted by molar-refractivity contribution is 5.50. The Labute approximate surface area is 68.4 Å². The van der Waals surface area contributed by atoms with E-state index < -0.39 is 0 Å². The fourth-order valence-electron chi connectivity index (χ4n) is 5.65. The van der Waals surface area contributed by atoms with Gasteiger partial charge in [-0.05, 0) is 39.9 Å². The molecule has 0 aromatic heterocycles. The summed E-state index contributed by atoms with van der Waals surface area (Å²) in [4.78, 5) is 0. The van der Waals surface area contributed by atoms with Crippen LogP contribution < -0.4 is 0 Å². The summed E-state index contributed by atoms with van der Waals surface area (Å²) in [6, 6.07) is 0. The van der Waals surface area contributed by atoms with Crippen molar-refractivity contribution in [1.29, 1.82) is 0 Å². The van der Waals surface area contributed by atoms with Gasteiger partial charge in [-0.25, -0.2) is 0 Å². The summed E-state index contributed by atoms with van der Waals surface area (Å²) in [6.07, 6.45) is 0. The van der Waals surface area contributed by atoms with Gasteiger partial charge in [0.2, 0.25) is 0 Å². The van der Waals surface area contributed by atoms with E-state index >= 15 is 0 Å². The van der Waals surface area contributed by atoms with Crippen LogP contribution in [-0.2, 0) is 0 Å². The molecule has 5 aliphatic carbocycles. The molecule has 5 saturated carbocycles. The molecule has 0 aliphatic heterocycles. The molecule has 5 aliphatic rings. The molecule has 5 fully saturated rings. The third-order valence-corrected chi connectivity index (χ3v) is 6.79. The number of hydrogen-bond acceptors (Lipinski definition) is 0. The van der Waals surface area contributed by atoms with Crippen molar-refractivity contribution in [3.8, 4) is 0 Å². The molecule has 0 aromatic carbocycles. The predicted molar refractivity (Wildman–Crippen MR) is 44.0 cm³/mol. The molecule has 0 heterocycles. The lowest BCUT2D eigenvalue weighted by Crippen LogP contribution is -2.27. The second kappa shape index (κ2) is 0.900. The summed E-state index contributed by atoms with van der Waals surface area (Å²) < 4.78 is 0. The zero-order valence-electron chi connectivity index (χ0n) is 7.81. The molecule has 0 atom stereocenters. The Hall–Kier alpha value is 0. The third kappa shape index (κ3) is 0.219. The van der Waals surface area contributed by atoms with Crippen molar-refractivity contribution in [3.63, 3.8) is 0 Å². The highest BCUT2D eigenvalue weighted by Crippen LogP contribution is 3.07. The molecule has 0 amide bonds. The summed E-state index contributed by atoms with van der Waals surface area (Å²) in [7, 11) is 0. The quantitative estimate of drug-likeness (QED) is 0.495. The Morgan fingerprint density at radius 2 is 0.909 bits per heavy atom. The van der Waals surface area contributed by atoms with Crippen molar-refractivity contribution >= 4 is 0 Å². The second-order valence-corrected chi connectivity index (χ2v) is 6.29. The van der Waals surface area contributed by atoms with Crippen LogP contribution in [0.5, 0.6) is 0 Å². The molecule has 0 N–H and O–H groups in total. The predicted octanol–water partition coefficient (Wildman–Crippen LogP) is 2.54. The van der Waals surface area contributed by atoms with Crippen LogP contribution in [0.25, 0.3) is 0 Å². The first kappa shape index (κ1) is 5.61. The molecule has 2 bridgehead atoms. The van der Waals surface area contributed by atoms with Crippen molar-refractivity contribution < 1.29 is 0 Å². The minimum absolute atomic E-state index is 0.671. The molecule has 0 aromatic rings. The van der Waals surface area contributed by atoms with Gasteiger partial charge in [-0.3, -0.25) is 0 Å². The van der Waals surface area contributed by atoms with E-state index in [1.165, 1.54) is 23.7 Å². The van der Waals surface area contributed by atoms with E-state index in [9.17, 15) is 0 Å². The zero-order valence-corrected chi connectivity index (χ0v) is 7.81. The maximum absolute atomic E-state index is 2.55. The van der Waals surface area contributed by atoms with E-state index in [4.69, 9.17) is 0 Å². The normalized spacial score (nSPS) is 84.0. The largest absolute Gasteiger partial charge is 0.0588 e. The monoisotopic (exact) mass is 148 g/mol. The van der Waals surface area contributed by atoms with Crippen LogP contribution in [-0.4, -0.2) is 0 Å². The van der Waals surface area contributed by atoms with Gasteiger partial charge in [0.1, 0.15) is 0 Å². The van der Waals surface area contributed by atoms with Gasteiger partial charge in [0.25, 0.3) is 0 Å². The van der Waals surface area contributed by atoms with Gasteiger partial charge in [0, 0.05) is 0 Å². The average Bonchev–Trinajstić information content (AvgIpc) is 2.39. The van der Waals surface area contributed by atoms with Crippen LogP contribution in [0.4, 0.5) is 0 Å². The molecular formula is C11H16. The van der Waals surface area contributed by atoms with Gasteiger partial charge >= 0.3 is 0 Å². The lowest BCUT2D eigenvalue weighted by atomic mass is 9.71. The van der Waals surface area contributed by atoms with Crippen molar-refractivity contribution in [2.24, 2.45) is 39.9 Å². The SMILES string of the molecule is CC12C3C1C1C3C1(C)C2(C)C. The molecule has 0 saturated heterocycles. The van der Waals surface area contributed by atoms with Gasteiger partial charge < -0.3 is 0 Å². The van der Waals surface area contributed by atoms with Crippen LogP contribution in [0, 0.1) is 39.9 Å². The molecule has 0 heteroatoms. The Balaban J connectivity index is 2.05. The molecule has 0 radical (unpaired) electrons. The Bertz CT molecular complexity index is 234. The summed E-state index contributed by atoms with van der Waals surface area (Å²) in [5.74, 6) is 4.69. The maximum atomic E-state index is 2.55. The fourth-order valence-corrected chi connectivity index (χ4v) is 5.65. The first-order chi connectivity index (χ1) is 4.99. The Kier molecular flexibility index (Phi) is 0.459. The Morgan fingerprint density at radius 3 is 1.00 bits per heavy atom. The molecule has 0 unspecified atom stereocenters. The van der Waals surface area contributed by atoms with Crippen molar-refractivity contribution in [1.82, 2.24) is 0 Å². The molecule has 0 nitrogen and oxygen atoms in total. The van der Waals surface area contributed by atoms with Crippen molar-refractivity contribution in [3.05, 3.63) is 0 Å². The highest BCUT2D eigenvalue weighted by atomic mass is 15.1. The fraction of sp³-hybridized carbons (Fsp3) is 1.00. The van der Waals surface area contributed by atoms with Crippen LogP contribution >= 0.6 is 0 Å². The van der Waals surface area contributed by atoms with Crippen LogP contribution in [0.1, 0.15) is 27.7 Å². The van der Waals surface area contributed by atoms with E-state index in [0.29, 0.717) is 5.41 Å². The molecular weight excluding hydrogens is 132 g/mol. The molecule has 5 rings (SSSR count). The smallest absolute Gasteiger partial charge is 0.0201 e. The molecule has 0 spiro atoms. The number of rotatable bonds is 0. The van der Waals surface area contributed by atoms with Crippen LogP contribution in [0.3, 0.4) is 0 Å². The van der Waals surface area contributed by atoms with Crippen molar-refractivity contribution in [2.45, 2.75) is 27.7 Å². The highest BCUT2D eigenvalue weighted by Gasteiger charge is 3.03. The second-order valence-electron chi connectivity index (χ2n) is 6.29. The minimum atomic E-state index is 0.671. The van der Waals surface area contributed by atoms with Crippen molar-refractivity contribution in [2.75, 3.05) is 0 Å². The van der Waals surface area contributed by atoms with E-state index in [1.807, 2.05) is 0 Å². The standard InChI is InChI=1S/C11H16/c1-9(2)10(3)5-6(10)8-7(5)11(8,9)4/h5-8H,1-4H3.